The molecule has 10 heteroatoms. The molecule has 3 nitrogen and oxygen atoms in total. The van der Waals surface area contributed by atoms with E-state index in [4.69, 9.17) is 0 Å². The molecule has 0 spiro atoms. The molecule has 33 heavy (non-hydrogen) atoms. The molecule has 1 aliphatic rings. The first-order chi connectivity index (χ1) is 15.5. The van der Waals surface area contributed by atoms with E-state index in [1.165, 1.54) is 4.90 Å². The summed E-state index contributed by atoms with van der Waals surface area (Å²) in [6, 6.07) is 6.81. The Balaban J connectivity index is 1.93. The smallest absolute Gasteiger partial charge is 0.338 e. The Morgan fingerprint density at radius 3 is 2.24 bits per heavy atom. The van der Waals surface area contributed by atoms with Gasteiger partial charge in [-0.2, -0.15) is 43.4 Å². The molecule has 3 rings (SSSR count). The number of alkyl halides is 6. The van der Waals surface area contributed by atoms with Crippen molar-refractivity contribution in [3.8, 4) is 17.2 Å². The number of halogens is 6. The van der Waals surface area contributed by atoms with Gasteiger partial charge in [0.2, 0.25) is 0 Å². The van der Waals surface area contributed by atoms with Crippen LogP contribution in [0.4, 0.5) is 26.3 Å². The van der Waals surface area contributed by atoms with Crippen LogP contribution in [0.3, 0.4) is 0 Å². The van der Waals surface area contributed by atoms with E-state index in [1.54, 1.807) is 17.8 Å². The maximum Gasteiger partial charge on any atom is 0.417 e. The number of carbonyl (C=O) groups excluding carboxylic acids is 1. The van der Waals surface area contributed by atoms with Gasteiger partial charge in [0.05, 0.1) is 28.3 Å². The fourth-order valence-electron chi connectivity index (χ4n) is 3.59. The van der Waals surface area contributed by atoms with Crippen molar-refractivity contribution < 1.29 is 31.1 Å². The normalized spacial score (nSPS) is 14.7. The standard InChI is InChI=1S/C23H20F6N2OS/c1-2-7-33-13-14-11-31(12-14)21(32)19-8-16(10-30)18(9-20(19)23(27,28)29)15-3-5-17(6-4-15)22(24,25)26/h3-6,8-9,14H,2,7,11-13H2,1H3. The van der Waals surface area contributed by atoms with Crippen LogP contribution in [0.15, 0.2) is 36.4 Å². The van der Waals surface area contributed by atoms with E-state index in [1.807, 2.05) is 6.92 Å². The topological polar surface area (TPSA) is 44.1 Å². The van der Waals surface area contributed by atoms with Gasteiger partial charge in [-0.3, -0.25) is 4.79 Å². The number of nitrogens with zero attached hydrogens (tertiary/aromatic N) is 2. The lowest BCUT2D eigenvalue weighted by Gasteiger charge is -2.39. The van der Waals surface area contributed by atoms with Gasteiger partial charge in [0.25, 0.3) is 5.91 Å². The Morgan fingerprint density at radius 2 is 1.73 bits per heavy atom. The summed E-state index contributed by atoms with van der Waals surface area (Å²) in [5.41, 5.74) is -3.20. The molecule has 1 aliphatic heterocycles. The molecule has 1 heterocycles. The largest absolute Gasteiger partial charge is 0.417 e. The minimum Gasteiger partial charge on any atom is -0.338 e. The third-order valence-corrected chi connectivity index (χ3v) is 6.69. The predicted octanol–water partition coefficient (Wildman–Crippen LogP) is 6.48. The molecule has 2 aromatic rings. The van der Waals surface area contributed by atoms with Crippen molar-refractivity contribution in [2.45, 2.75) is 25.7 Å². The van der Waals surface area contributed by atoms with E-state index in [0.29, 0.717) is 19.2 Å². The van der Waals surface area contributed by atoms with Crippen molar-refractivity contribution >= 4 is 17.7 Å². The second kappa shape index (κ2) is 9.67. The van der Waals surface area contributed by atoms with Crippen molar-refractivity contribution in [3.63, 3.8) is 0 Å². The van der Waals surface area contributed by atoms with E-state index in [0.717, 1.165) is 48.3 Å². The van der Waals surface area contributed by atoms with Gasteiger partial charge >= 0.3 is 12.4 Å². The molecule has 0 saturated carbocycles. The molecule has 1 saturated heterocycles. The van der Waals surface area contributed by atoms with Gasteiger partial charge in [0.15, 0.2) is 0 Å². The van der Waals surface area contributed by atoms with Gasteiger partial charge < -0.3 is 4.90 Å². The Bertz CT molecular complexity index is 1050. The van der Waals surface area contributed by atoms with Crippen LogP contribution in [0.1, 0.15) is 40.4 Å². The average Bonchev–Trinajstić information content (AvgIpc) is 2.72. The van der Waals surface area contributed by atoms with Crippen molar-refractivity contribution in [2.75, 3.05) is 24.6 Å². The molecule has 1 amide bonds. The molecular formula is C23H20F6N2OS. The predicted molar refractivity (Wildman–Crippen MR) is 114 cm³/mol. The number of hydrogen-bond acceptors (Lipinski definition) is 3. The number of benzene rings is 2. The van der Waals surface area contributed by atoms with E-state index in [-0.39, 0.29) is 22.6 Å². The fourth-order valence-corrected chi connectivity index (χ4v) is 4.59. The monoisotopic (exact) mass is 486 g/mol. The fraction of sp³-hybridized carbons (Fsp3) is 0.391. The van der Waals surface area contributed by atoms with Crippen LogP contribution in [0.25, 0.3) is 11.1 Å². The summed E-state index contributed by atoms with van der Waals surface area (Å²) in [5.74, 6) is 1.19. The number of likely N-dealkylation sites (tertiary alicyclic amines) is 1. The van der Waals surface area contributed by atoms with Crippen molar-refractivity contribution in [1.29, 1.82) is 5.26 Å². The first-order valence-corrected chi connectivity index (χ1v) is 11.3. The van der Waals surface area contributed by atoms with E-state index in [2.05, 4.69) is 0 Å². The Labute approximate surface area is 191 Å². The molecular weight excluding hydrogens is 466 g/mol. The molecule has 176 valence electrons. The highest BCUT2D eigenvalue weighted by molar-refractivity contribution is 7.99. The molecule has 2 aromatic carbocycles. The summed E-state index contributed by atoms with van der Waals surface area (Å²) in [4.78, 5) is 14.1. The second-order valence-electron chi connectivity index (χ2n) is 7.78. The van der Waals surface area contributed by atoms with Gasteiger partial charge in [0.1, 0.15) is 0 Å². The average molecular weight is 486 g/mol. The Hall–Kier alpha value is -2.67. The number of amides is 1. The third kappa shape index (κ3) is 5.64. The minimum absolute atomic E-state index is 0.0148. The minimum atomic E-state index is -4.89. The summed E-state index contributed by atoms with van der Waals surface area (Å²) in [6.45, 7) is 2.73. The second-order valence-corrected chi connectivity index (χ2v) is 8.93. The zero-order chi connectivity index (χ0) is 24.4. The molecule has 0 unspecified atom stereocenters. The SMILES string of the molecule is CCCSCC1CN(C(=O)c2cc(C#N)c(-c3ccc(C(F)(F)F)cc3)cc2C(F)(F)F)C1. The van der Waals surface area contributed by atoms with Crippen LogP contribution in [0.5, 0.6) is 0 Å². The highest BCUT2D eigenvalue weighted by Gasteiger charge is 2.40. The zero-order valence-electron chi connectivity index (χ0n) is 17.6. The van der Waals surface area contributed by atoms with Crippen molar-refractivity contribution in [1.82, 2.24) is 4.90 Å². The number of hydrogen-bond donors (Lipinski definition) is 0. The molecule has 1 fully saturated rings. The Kier molecular flexibility index (Phi) is 7.32. The maximum atomic E-state index is 13.8. The van der Waals surface area contributed by atoms with Crippen LogP contribution in [0, 0.1) is 17.2 Å². The molecule has 0 radical (unpaired) electrons. The quantitative estimate of drug-likeness (QED) is 0.347. The van der Waals surface area contributed by atoms with Crippen LogP contribution in [-0.4, -0.2) is 35.4 Å². The maximum absolute atomic E-state index is 13.8. The van der Waals surface area contributed by atoms with Gasteiger partial charge in [-0.1, -0.05) is 19.1 Å². The summed E-state index contributed by atoms with van der Waals surface area (Å²) in [5, 5.41) is 9.50. The Morgan fingerprint density at radius 1 is 1.09 bits per heavy atom. The van der Waals surface area contributed by atoms with Gasteiger partial charge in [-0.15, -0.1) is 0 Å². The van der Waals surface area contributed by atoms with Gasteiger partial charge in [-0.05, 0) is 47.8 Å². The lowest BCUT2D eigenvalue weighted by molar-refractivity contribution is -0.138. The molecule has 0 atom stereocenters. The van der Waals surface area contributed by atoms with Crippen LogP contribution in [-0.2, 0) is 12.4 Å². The van der Waals surface area contributed by atoms with Crippen LogP contribution >= 0.6 is 11.8 Å². The number of thioether (sulfide) groups is 1. The van der Waals surface area contributed by atoms with Crippen LogP contribution < -0.4 is 0 Å². The van der Waals surface area contributed by atoms with E-state index >= 15 is 0 Å². The lowest BCUT2D eigenvalue weighted by atomic mass is 9.91. The summed E-state index contributed by atoms with van der Waals surface area (Å²) in [6.07, 6.45) is -8.48. The number of carbonyl (C=O) groups is 1. The highest BCUT2D eigenvalue weighted by atomic mass is 32.2. The first-order valence-electron chi connectivity index (χ1n) is 10.2. The zero-order valence-corrected chi connectivity index (χ0v) is 18.4. The third-order valence-electron chi connectivity index (χ3n) is 5.28. The first kappa shape index (κ1) is 25.0. The highest BCUT2D eigenvalue weighted by Crippen LogP contribution is 2.39. The number of nitriles is 1. The van der Waals surface area contributed by atoms with Crippen LogP contribution in [0.2, 0.25) is 0 Å². The summed E-state index contributed by atoms with van der Waals surface area (Å²) in [7, 11) is 0. The van der Waals surface area contributed by atoms with E-state index in [9.17, 15) is 36.4 Å². The van der Waals surface area contributed by atoms with Gasteiger partial charge in [0, 0.05) is 24.6 Å². The lowest BCUT2D eigenvalue weighted by Crippen LogP contribution is -2.51. The summed E-state index contributed by atoms with van der Waals surface area (Å²) >= 11 is 1.73. The van der Waals surface area contributed by atoms with E-state index < -0.39 is 35.0 Å². The van der Waals surface area contributed by atoms with Crippen molar-refractivity contribution in [3.05, 3.63) is 58.7 Å². The number of rotatable bonds is 6. The molecule has 0 bridgehead atoms. The van der Waals surface area contributed by atoms with Crippen molar-refractivity contribution in [2.24, 2.45) is 5.92 Å². The summed E-state index contributed by atoms with van der Waals surface area (Å²) < 4.78 is 79.9. The molecule has 0 aliphatic carbocycles. The molecule has 0 N–H and O–H groups in total. The molecule has 0 aromatic heterocycles. The van der Waals surface area contributed by atoms with Gasteiger partial charge in [-0.25, -0.2) is 0 Å².